The zero-order valence-corrected chi connectivity index (χ0v) is 7.72. The van der Waals surface area contributed by atoms with Gasteiger partial charge in [-0.1, -0.05) is 25.5 Å². The number of hydrogen-bond donors (Lipinski definition) is 0. The molecule has 0 aromatic heterocycles. The van der Waals surface area contributed by atoms with E-state index in [1.54, 1.807) is 0 Å². The van der Waals surface area contributed by atoms with Crippen molar-refractivity contribution in [3.8, 4) is 0 Å². The smallest absolute Gasteiger partial charge is 0.0131 e. The molecule has 1 rings (SSSR count). The molecule has 0 unspecified atom stereocenters. The van der Waals surface area contributed by atoms with Crippen molar-refractivity contribution in [2.75, 3.05) is 7.05 Å². The zero-order valence-electron chi connectivity index (χ0n) is 7.72. The summed E-state index contributed by atoms with van der Waals surface area (Å²) >= 11 is 0. The second-order valence-corrected chi connectivity index (χ2v) is 3.00. The Morgan fingerprint density at radius 1 is 1.36 bits per heavy atom. The van der Waals surface area contributed by atoms with E-state index in [9.17, 15) is 0 Å². The molecule has 0 saturated carbocycles. The first-order chi connectivity index (χ1) is 5.27. The molecule has 0 N–H and O–H groups in total. The Bertz CT molecular complexity index is 189. The molecule has 1 nitrogen and oxygen atoms in total. The molecule has 0 aromatic carbocycles. The van der Waals surface area contributed by atoms with Gasteiger partial charge in [0.05, 0.1) is 0 Å². The fourth-order valence-electron chi connectivity index (χ4n) is 1.43. The highest BCUT2D eigenvalue weighted by Crippen LogP contribution is 2.20. The van der Waals surface area contributed by atoms with E-state index in [4.69, 9.17) is 0 Å². The Kier molecular flexibility index (Phi) is 2.75. The first-order valence-electron chi connectivity index (χ1n) is 4.39. The van der Waals surface area contributed by atoms with Crippen LogP contribution in [0.2, 0.25) is 0 Å². The lowest BCUT2D eigenvalue weighted by Crippen LogP contribution is -2.13. The van der Waals surface area contributed by atoms with Gasteiger partial charge in [0.25, 0.3) is 0 Å². The Morgan fingerprint density at radius 2 is 2.09 bits per heavy atom. The van der Waals surface area contributed by atoms with Crippen LogP contribution in [0.1, 0.15) is 33.1 Å². The number of rotatable bonds is 2. The van der Waals surface area contributed by atoms with E-state index in [1.165, 1.54) is 17.7 Å². The van der Waals surface area contributed by atoms with Gasteiger partial charge in [-0.05, 0) is 19.3 Å². The predicted octanol–water partition coefficient (Wildman–Crippen LogP) is 2.91. The van der Waals surface area contributed by atoms with E-state index >= 15 is 0 Å². The van der Waals surface area contributed by atoms with Gasteiger partial charge in [0.2, 0.25) is 0 Å². The minimum atomic E-state index is 1.14. The van der Waals surface area contributed by atoms with Gasteiger partial charge in [-0.25, -0.2) is 0 Å². The van der Waals surface area contributed by atoms with Gasteiger partial charge in [0.15, 0.2) is 0 Å². The van der Waals surface area contributed by atoms with Crippen molar-refractivity contribution in [3.05, 3.63) is 23.5 Å². The molecule has 1 heterocycles. The summed E-state index contributed by atoms with van der Waals surface area (Å²) in [4.78, 5) is 2.24. The SMILES string of the molecule is CCC1=CN(C)C(CC)=CC1. The van der Waals surface area contributed by atoms with Crippen LogP contribution >= 0.6 is 0 Å². The summed E-state index contributed by atoms with van der Waals surface area (Å²) in [5.74, 6) is 0. The second-order valence-electron chi connectivity index (χ2n) is 3.00. The van der Waals surface area contributed by atoms with Crippen molar-refractivity contribution < 1.29 is 0 Å². The summed E-state index contributed by atoms with van der Waals surface area (Å²) in [5, 5.41) is 0. The van der Waals surface area contributed by atoms with E-state index in [0.29, 0.717) is 0 Å². The first-order valence-corrected chi connectivity index (χ1v) is 4.39. The quantitative estimate of drug-likeness (QED) is 0.586. The fourth-order valence-corrected chi connectivity index (χ4v) is 1.43. The molecule has 0 spiro atoms. The Morgan fingerprint density at radius 3 is 2.55 bits per heavy atom. The summed E-state index contributed by atoms with van der Waals surface area (Å²) in [7, 11) is 2.13. The number of hydrogen-bond acceptors (Lipinski definition) is 1. The van der Waals surface area contributed by atoms with E-state index < -0.39 is 0 Å². The second kappa shape index (κ2) is 3.61. The average molecular weight is 151 g/mol. The maximum Gasteiger partial charge on any atom is 0.0131 e. The molecule has 0 amide bonds. The summed E-state index contributed by atoms with van der Waals surface area (Å²) in [5.41, 5.74) is 2.98. The molecule has 1 heteroatoms. The summed E-state index contributed by atoms with van der Waals surface area (Å²) < 4.78 is 0. The number of nitrogens with zero attached hydrogens (tertiary/aromatic N) is 1. The summed E-state index contributed by atoms with van der Waals surface area (Å²) in [6.45, 7) is 4.41. The maximum absolute atomic E-state index is 2.33. The molecule has 62 valence electrons. The Hall–Kier alpha value is -0.720. The molecule has 0 aliphatic carbocycles. The molecular formula is C10H17N. The van der Waals surface area contributed by atoms with Crippen LogP contribution in [-0.4, -0.2) is 11.9 Å². The van der Waals surface area contributed by atoms with Gasteiger partial charge in [-0.3, -0.25) is 0 Å². The van der Waals surface area contributed by atoms with Crippen LogP contribution in [0, 0.1) is 0 Å². The van der Waals surface area contributed by atoms with Crippen molar-refractivity contribution >= 4 is 0 Å². The molecule has 11 heavy (non-hydrogen) atoms. The molecule has 0 fully saturated rings. The molecule has 0 saturated heterocycles. The van der Waals surface area contributed by atoms with Crippen molar-refractivity contribution in [1.82, 2.24) is 4.90 Å². The molecule has 0 radical (unpaired) electrons. The van der Waals surface area contributed by atoms with Gasteiger partial charge in [0, 0.05) is 18.9 Å². The standard InChI is InChI=1S/C10H17N/c1-4-9-6-7-10(5-2)11(3)8-9/h7-8H,4-6H2,1-3H3. The molecule has 0 bridgehead atoms. The lowest BCUT2D eigenvalue weighted by Gasteiger charge is -2.23. The predicted molar refractivity (Wildman–Crippen MR) is 49.1 cm³/mol. The van der Waals surface area contributed by atoms with E-state index in [-0.39, 0.29) is 0 Å². The summed E-state index contributed by atoms with van der Waals surface area (Å²) in [6, 6.07) is 0. The van der Waals surface area contributed by atoms with Crippen molar-refractivity contribution in [3.63, 3.8) is 0 Å². The van der Waals surface area contributed by atoms with Gasteiger partial charge >= 0.3 is 0 Å². The third kappa shape index (κ3) is 1.86. The normalized spacial score (nSPS) is 17.9. The van der Waals surface area contributed by atoms with Crippen LogP contribution in [0.15, 0.2) is 23.5 Å². The first kappa shape index (κ1) is 8.38. The van der Waals surface area contributed by atoms with Crippen molar-refractivity contribution in [2.45, 2.75) is 33.1 Å². The van der Waals surface area contributed by atoms with E-state index in [1.807, 2.05) is 0 Å². The Labute approximate surface area is 69.4 Å². The molecule has 1 aliphatic heterocycles. The van der Waals surface area contributed by atoms with E-state index in [0.717, 1.165) is 12.8 Å². The van der Waals surface area contributed by atoms with Crippen LogP contribution in [-0.2, 0) is 0 Å². The maximum atomic E-state index is 2.33. The zero-order chi connectivity index (χ0) is 8.27. The molecule has 0 aromatic rings. The van der Waals surface area contributed by atoms with Crippen LogP contribution in [0.4, 0.5) is 0 Å². The van der Waals surface area contributed by atoms with Crippen LogP contribution < -0.4 is 0 Å². The minimum absolute atomic E-state index is 1.14. The van der Waals surface area contributed by atoms with Crippen LogP contribution in [0.3, 0.4) is 0 Å². The lowest BCUT2D eigenvalue weighted by atomic mass is 10.1. The highest BCUT2D eigenvalue weighted by molar-refractivity contribution is 5.18. The van der Waals surface area contributed by atoms with Crippen molar-refractivity contribution in [1.29, 1.82) is 0 Å². The Balaban J connectivity index is 2.63. The average Bonchev–Trinajstić information content (AvgIpc) is 2.04. The fraction of sp³-hybridized carbons (Fsp3) is 0.600. The summed E-state index contributed by atoms with van der Waals surface area (Å²) in [6.07, 6.45) is 8.07. The molecule has 0 atom stereocenters. The molecular weight excluding hydrogens is 134 g/mol. The molecule has 1 aliphatic rings. The van der Waals surface area contributed by atoms with Gasteiger partial charge in [0.1, 0.15) is 0 Å². The topological polar surface area (TPSA) is 3.24 Å². The van der Waals surface area contributed by atoms with Crippen LogP contribution in [0.5, 0.6) is 0 Å². The van der Waals surface area contributed by atoms with E-state index in [2.05, 4.69) is 38.1 Å². The minimum Gasteiger partial charge on any atom is -0.355 e. The van der Waals surface area contributed by atoms with Gasteiger partial charge in [-0.15, -0.1) is 0 Å². The van der Waals surface area contributed by atoms with Gasteiger partial charge in [-0.2, -0.15) is 0 Å². The third-order valence-electron chi connectivity index (χ3n) is 2.25. The van der Waals surface area contributed by atoms with Crippen molar-refractivity contribution in [2.24, 2.45) is 0 Å². The number of allylic oxidation sites excluding steroid dienone is 3. The highest BCUT2D eigenvalue weighted by atomic mass is 15.1. The third-order valence-corrected chi connectivity index (χ3v) is 2.25. The monoisotopic (exact) mass is 151 g/mol. The lowest BCUT2D eigenvalue weighted by molar-refractivity contribution is 0.523. The van der Waals surface area contributed by atoms with Crippen LogP contribution in [0.25, 0.3) is 0 Å². The largest absolute Gasteiger partial charge is 0.355 e. The van der Waals surface area contributed by atoms with Gasteiger partial charge < -0.3 is 4.90 Å². The highest BCUT2D eigenvalue weighted by Gasteiger charge is 2.06.